The lowest BCUT2D eigenvalue weighted by Crippen LogP contribution is -2.38. The summed E-state index contributed by atoms with van der Waals surface area (Å²) < 4.78 is 0. The Bertz CT molecular complexity index is 2400. The van der Waals surface area contributed by atoms with Crippen LogP contribution in [0, 0.1) is 0 Å². The maximum atomic E-state index is 2.52. The monoisotopic (exact) mass is 660 g/mol. The first-order valence-electron chi connectivity index (χ1n) is 17.9. The Morgan fingerprint density at radius 2 is 0.804 bits per heavy atom. The summed E-state index contributed by atoms with van der Waals surface area (Å²) in [6.07, 6.45) is 0. The first kappa shape index (κ1) is 32.4. The summed E-state index contributed by atoms with van der Waals surface area (Å²) in [6, 6.07) is 64.4. The van der Waals surface area contributed by atoms with Gasteiger partial charge < -0.3 is 9.80 Å². The summed E-state index contributed by atoms with van der Waals surface area (Å²) in [5, 5.41) is 7.38. The van der Waals surface area contributed by atoms with Crippen molar-refractivity contribution in [2.75, 3.05) is 9.80 Å². The molecule has 8 rings (SSSR count). The molecule has 0 heterocycles. The fraction of sp³-hybridized carbons (Fsp3) is 0.143. The molecule has 51 heavy (non-hydrogen) atoms. The van der Waals surface area contributed by atoms with Crippen LogP contribution in [-0.2, 0) is 11.0 Å². The average molecular weight is 661 g/mol. The molecule has 0 bridgehead atoms. The van der Waals surface area contributed by atoms with E-state index in [1.54, 1.807) is 0 Å². The summed E-state index contributed by atoms with van der Waals surface area (Å²) in [5.74, 6) is 0. The van der Waals surface area contributed by atoms with Crippen LogP contribution in [-0.4, -0.2) is 0 Å². The molecule has 8 aromatic rings. The molecule has 0 unspecified atom stereocenters. The summed E-state index contributed by atoms with van der Waals surface area (Å²) in [6.45, 7) is 11.5. The lowest BCUT2D eigenvalue weighted by Gasteiger charge is -2.42. The molecule has 8 aromatic carbocycles. The number of anilines is 5. The van der Waals surface area contributed by atoms with Gasteiger partial charge in [0.15, 0.2) is 0 Å². The van der Waals surface area contributed by atoms with Crippen LogP contribution in [0.5, 0.6) is 0 Å². The molecule has 0 amide bonds. The Balaban J connectivity index is 1.27. The molecule has 2 nitrogen and oxygen atoms in total. The molecular formula is C49H44N2. The van der Waals surface area contributed by atoms with Gasteiger partial charge in [0.1, 0.15) is 0 Å². The minimum Gasteiger partial charge on any atom is -0.331 e. The van der Waals surface area contributed by atoms with E-state index in [1.165, 1.54) is 49.1 Å². The molecule has 250 valence electrons. The van der Waals surface area contributed by atoms with Crippen molar-refractivity contribution in [1.29, 1.82) is 0 Å². The SMILES string of the molecule is CC(C)(C)c1ccc(C(C)(C)N(c2ccc(N(c3ccc4ccccc4c3)c3ccc4ccccc4c3)cc2)c2cccc3ccccc23)cc1. The number of rotatable bonds is 7. The Morgan fingerprint density at radius 1 is 0.353 bits per heavy atom. The lowest BCUT2D eigenvalue weighted by atomic mass is 9.83. The van der Waals surface area contributed by atoms with Gasteiger partial charge in [-0.25, -0.2) is 0 Å². The highest BCUT2D eigenvalue weighted by Gasteiger charge is 2.32. The second-order valence-electron chi connectivity index (χ2n) is 15.1. The smallest absolute Gasteiger partial charge is 0.0646 e. The number of nitrogens with zero attached hydrogens (tertiary/aromatic N) is 2. The van der Waals surface area contributed by atoms with E-state index in [0.29, 0.717) is 0 Å². The molecule has 0 N–H and O–H groups in total. The third-order valence-corrected chi connectivity index (χ3v) is 10.4. The van der Waals surface area contributed by atoms with Gasteiger partial charge in [-0.3, -0.25) is 0 Å². The molecule has 0 spiro atoms. The van der Waals surface area contributed by atoms with E-state index in [9.17, 15) is 0 Å². The fourth-order valence-corrected chi connectivity index (χ4v) is 7.50. The molecule has 0 fully saturated rings. The molecule has 0 atom stereocenters. The van der Waals surface area contributed by atoms with Crippen LogP contribution in [0.4, 0.5) is 28.4 Å². The maximum absolute atomic E-state index is 2.52. The van der Waals surface area contributed by atoms with Gasteiger partial charge in [-0.2, -0.15) is 0 Å². The Labute approximate surface area is 302 Å². The fourth-order valence-electron chi connectivity index (χ4n) is 7.50. The van der Waals surface area contributed by atoms with Gasteiger partial charge in [0, 0.05) is 33.8 Å². The van der Waals surface area contributed by atoms with Gasteiger partial charge in [0.05, 0.1) is 5.54 Å². The molecule has 0 aliphatic heterocycles. The molecule has 0 saturated heterocycles. The highest BCUT2D eigenvalue weighted by molar-refractivity contribution is 5.97. The third kappa shape index (κ3) is 6.12. The van der Waals surface area contributed by atoms with Crippen LogP contribution in [0.1, 0.15) is 45.7 Å². The molecule has 0 aromatic heterocycles. The van der Waals surface area contributed by atoms with Gasteiger partial charge in [0.2, 0.25) is 0 Å². The molecular weight excluding hydrogens is 617 g/mol. The summed E-state index contributed by atoms with van der Waals surface area (Å²) >= 11 is 0. The van der Waals surface area contributed by atoms with Crippen molar-refractivity contribution in [1.82, 2.24) is 0 Å². The van der Waals surface area contributed by atoms with Crippen LogP contribution >= 0.6 is 0 Å². The van der Waals surface area contributed by atoms with E-state index in [1.807, 2.05) is 0 Å². The molecule has 0 radical (unpaired) electrons. The molecule has 0 aliphatic rings. The highest BCUT2D eigenvalue weighted by atomic mass is 15.2. The zero-order valence-electron chi connectivity index (χ0n) is 30.1. The molecule has 0 aliphatic carbocycles. The van der Waals surface area contributed by atoms with Crippen LogP contribution < -0.4 is 9.80 Å². The Morgan fingerprint density at radius 3 is 1.37 bits per heavy atom. The van der Waals surface area contributed by atoms with Crippen LogP contribution in [0.2, 0.25) is 0 Å². The van der Waals surface area contributed by atoms with E-state index in [-0.39, 0.29) is 11.0 Å². The van der Waals surface area contributed by atoms with Gasteiger partial charge >= 0.3 is 0 Å². The number of benzene rings is 8. The lowest BCUT2D eigenvalue weighted by molar-refractivity contribution is 0.534. The summed E-state index contributed by atoms with van der Waals surface area (Å²) in [7, 11) is 0. The van der Waals surface area contributed by atoms with E-state index in [4.69, 9.17) is 0 Å². The van der Waals surface area contributed by atoms with Gasteiger partial charge in [0.25, 0.3) is 0 Å². The predicted octanol–water partition coefficient (Wildman–Crippen LogP) is 14.0. The van der Waals surface area contributed by atoms with Crippen molar-refractivity contribution in [2.45, 2.75) is 45.6 Å². The quantitative estimate of drug-likeness (QED) is 0.168. The number of hydrogen-bond acceptors (Lipinski definition) is 2. The predicted molar refractivity (Wildman–Crippen MR) is 220 cm³/mol. The van der Waals surface area contributed by atoms with Crippen molar-refractivity contribution in [3.05, 3.63) is 187 Å². The number of hydrogen-bond donors (Lipinski definition) is 0. The van der Waals surface area contributed by atoms with Crippen LogP contribution in [0.25, 0.3) is 32.3 Å². The topological polar surface area (TPSA) is 6.48 Å². The molecule has 0 saturated carbocycles. The van der Waals surface area contributed by atoms with E-state index < -0.39 is 0 Å². The van der Waals surface area contributed by atoms with E-state index in [0.717, 1.165) is 22.7 Å². The van der Waals surface area contributed by atoms with E-state index >= 15 is 0 Å². The first-order valence-corrected chi connectivity index (χ1v) is 17.9. The largest absolute Gasteiger partial charge is 0.331 e. The Kier molecular flexibility index (Phi) is 8.11. The van der Waals surface area contributed by atoms with Crippen molar-refractivity contribution in [2.24, 2.45) is 0 Å². The van der Waals surface area contributed by atoms with Crippen molar-refractivity contribution in [3.8, 4) is 0 Å². The maximum Gasteiger partial charge on any atom is 0.0646 e. The van der Waals surface area contributed by atoms with Crippen LogP contribution in [0.3, 0.4) is 0 Å². The highest BCUT2D eigenvalue weighted by Crippen LogP contribution is 2.45. The zero-order chi connectivity index (χ0) is 35.2. The van der Waals surface area contributed by atoms with Gasteiger partial charge in [-0.1, -0.05) is 142 Å². The third-order valence-electron chi connectivity index (χ3n) is 10.4. The van der Waals surface area contributed by atoms with Gasteiger partial charge in [-0.15, -0.1) is 0 Å². The van der Waals surface area contributed by atoms with E-state index in [2.05, 4.69) is 220 Å². The minimum absolute atomic E-state index is 0.0930. The second kappa shape index (κ2) is 12.8. The second-order valence-corrected chi connectivity index (χ2v) is 15.1. The average Bonchev–Trinajstić information content (AvgIpc) is 3.15. The molecule has 2 heteroatoms. The van der Waals surface area contributed by atoms with Crippen molar-refractivity contribution in [3.63, 3.8) is 0 Å². The zero-order valence-corrected chi connectivity index (χ0v) is 30.1. The Hall–Kier alpha value is -5.86. The van der Waals surface area contributed by atoms with Crippen molar-refractivity contribution < 1.29 is 0 Å². The van der Waals surface area contributed by atoms with Crippen LogP contribution in [0.15, 0.2) is 176 Å². The van der Waals surface area contributed by atoms with Crippen molar-refractivity contribution >= 4 is 60.8 Å². The minimum atomic E-state index is -0.363. The first-order chi connectivity index (χ1) is 24.7. The van der Waals surface area contributed by atoms with Gasteiger partial charge in [-0.05, 0) is 112 Å². The normalized spacial score (nSPS) is 12.0. The summed E-state index contributed by atoms with van der Waals surface area (Å²) in [5.41, 5.74) is 8.02. The standard InChI is InChI=1S/C49H44N2/c1-48(2,3)40-23-25-41(26-24-40)49(4,5)51(47-20-12-18-37-15-10-11-19-46(37)47)43-31-29-42(30-32-43)50(44-27-21-35-13-6-8-16-38(35)33-44)45-28-22-36-14-7-9-17-39(36)34-45/h6-34H,1-5H3. The summed E-state index contributed by atoms with van der Waals surface area (Å²) in [4.78, 5) is 4.89. The number of fused-ring (bicyclic) bond motifs is 3.